The molecule has 2 rings (SSSR count). The smallest absolute Gasteiger partial charge is 0.331 e. The number of carboxylic acid groups (broad SMARTS) is 1. The van der Waals surface area contributed by atoms with Gasteiger partial charge < -0.3 is 19.6 Å². The second-order valence-corrected chi connectivity index (χ2v) is 5.27. The molecule has 0 aliphatic heterocycles. The second kappa shape index (κ2) is 5.24. The molecule has 1 aromatic rings. The average Bonchev–Trinajstić information content (AvgIpc) is 3.12. The van der Waals surface area contributed by atoms with Gasteiger partial charge in [-0.05, 0) is 26.7 Å². The number of hydrogen-bond acceptors (Lipinski definition) is 5. The van der Waals surface area contributed by atoms with E-state index in [1.165, 1.54) is 14.0 Å². The Morgan fingerprint density at radius 2 is 2.20 bits per heavy atom. The van der Waals surface area contributed by atoms with E-state index < -0.39 is 17.4 Å². The van der Waals surface area contributed by atoms with Gasteiger partial charge in [-0.25, -0.2) is 9.78 Å². The Balaban J connectivity index is 2.16. The summed E-state index contributed by atoms with van der Waals surface area (Å²) in [5.74, 6) is -0.858. The largest absolute Gasteiger partial charge is 0.479 e. The van der Waals surface area contributed by atoms with E-state index in [2.05, 4.69) is 10.3 Å². The Kier molecular flexibility index (Phi) is 3.80. The zero-order chi connectivity index (χ0) is 14.9. The minimum atomic E-state index is -1.51. The molecule has 0 spiro atoms. The molecule has 1 unspecified atom stereocenters. The van der Waals surface area contributed by atoms with Crippen LogP contribution in [0.25, 0.3) is 0 Å². The van der Waals surface area contributed by atoms with Crippen LogP contribution in [0, 0.1) is 6.92 Å². The van der Waals surface area contributed by atoms with Crippen molar-refractivity contribution in [2.24, 2.45) is 0 Å². The highest BCUT2D eigenvalue weighted by Gasteiger charge is 2.37. The molecule has 0 aromatic carbocycles. The molecular weight excluding hydrogens is 264 g/mol. The van der Waals surface area contributed by atoms with Crippen LogP contribution < -0.4 is 5.32 Å². The number of oxazole rings is 1. The monoisotopic (exact) mass is 282 g/mol. The van der Waals surface area contributed by atoms with E-state index in [0.717, 1.165) is 12.8 Å². The zero-order valence-electron chi connectivity index (χ0n) is 11.7. The van der Waals surface area contributed by atoms with Crippen molar-refractivity contribution in [2.75, 3.05) is 13.7 Å². The topological polar surface area (TPSA) is 102 Å². The molecule has 1 aromatic heterocycles. The molecule has 1 aliphatic rings. The average molecular weight is 282 g/mol. The summed E-state index contributed by atoms with van der Waals surface area (Å²) in [6.07, 6.45) is 2.02. The molecule has 110 valence electrons. The number of carboxylic acids is 1. The van der Waals surface area contributed by atoms with E-state index in [-0.39, 0.29) is 12.4 Å². The maximum atomic E-state index is 12.2. The number of ether oxygens (including phenoxy) is 1. The third-order valence-electron chi connectivity index (χ3n) is 3.24. The molecule has 0 bridgehead atoms. The van der Waals surface area contributed by atoms with Gasteiger partial charge in [0.05, 0.1) is 12.3 Å². The van der Waals surface area contributed by atoms with Gasteiger partial charge in [0, 0.05) is 13.0 Å². The first-order chi connectivity index (χ1) is 9.37. The number of aromatic nitrogens is 1. The van der Waals surface area contributed by atoms with Gasteiger partial charge in [0.2, 0.25) is 5.76 Å². The van der Waals surface area contributed by atoms with Crippen molar-refractivity contribution < 1.29 is 23.8 Å². The number of aryl methyl sites for hydroxylation is 1. The fourth-order valence-corrected chi connectivity index (χ4v) is 1.88. The van der Waals surface area contributed by atoms with Crippen LogP contribution in [0.1, 0.15) is 47.8 Å². The van der Waals surface area contributed by atoms with Gasteiger partial charge in [0.25, 0.3) is 5.91 Å². The fraction of sp³-hybridized carbons (Fsp3) is 0.615. The van der Waals surface area contributed by atoms with Crippen LogP contribution in [0.3, 0.4) is 0 Å². The summed E-state index contributed by atoms with van der Waals surface area (Å²) in [4.78, 5) is 27.6. The minimum absolute atomic E-state index is 0.0653. The van der Waals surface area contributed by atoms with Crippen molar-refractivity contribution in [1.29, 1.82) is 0 Å². The van der Waals surface area contributed by atoms with Crippen molar-refractivity contribution in [1.82, 2.24) is 10.3 Å². The van der Waals surface area contributed by atoms with Crippen LogP contribution in [0.15, 0.2) is 4.42 Å². The Morgan fingerprint density at radius 3 is 2.70 bits per heavy atom. The first-order valence-corrected chi connectivity index (χ1v) is 6.39. The molecule has 1 amide bonds. The molecular formula is C13H18N2O5. The molecule has 0 radical (unpaired) electrons. The molecule has 7 heteroatoms. The van der Waals surface area contributed by atoms with Crippen LogP contribution in [-0.4, -0.2) is 41.2 Å². The van der Waals surface area contributed by atoms with Gasteiger partial charge >= 0.3 is 5.97 Å². The molecule has 1 atom stereocenters. The van der Waals surface area contributed by atoms with Gasteiger partial charge in [-0.2, -0.15) is 0 Å². The highest BCUT2D eigenvalue weighted by atomic mass is 16.5. The fourth-order valence-electron chi connectivity index (χ4n) is 1.88. The summed E-state index contributed by atoms with van der Waals surface area (Å²) in [6, 6.07) is 0. The maximum Gasteiger partial charge on any atom is 0.331 e. The molecule has 2 N–H and O–H groups in total. The lowest BCUT2D eigenvalue weighted by molar-refractivity contribution is -0.145. The van der Waals surface area contributed by atoms with Crippen LogP contribution in [0.4, 0.5) is 0 Å². The van der Waals surface area contributed by atoms with Crippen molar-refractivity contribution in [3.8, 4) is 0 Å². The maximum absolute atomic E-state index is 12.2. The van der Waals surface area contributed by atoms with Gasteiger partial charge in [-0.15, -0.1) is 0 Å². The van der Waals surface area contributed by atoms with Crippen LogP contribution in [0.5, 0.6) is 0 Å². The number of nitrogens with one attached hydrogen (secondary N) is 1. The second-order valence-electron chi connectivity index (χ2n) is 5.27. The Bertz CT molecular complexity index is 535. The number of aliphatic carboxylic acids is 1. The number of rotatable bonds is 6. The number of methoxy groups -OCH3 is 1. The van der Waals surface area contributed by atoms with Crippen molar-refractivity contribution >= 4 is 11.9 Å². The lowest BCUT2D eigenvalue weighted by Gasteiger charge is -2.24. The predicted molar refractivity (Wildman–Crippen MR) is 68.6 cm³/mol. The normalized spacial score (nSPS) is 17.6. The van der Waals surface area contributed by atoms with Crippen LogP contribution >= 0.6 is 0 Å². The highest BCUT2D eigenvalue weighted by Crippen LogP contribution is 2.40. The van der Waals surface area contributed by atoms with E-state index in [0.29, 0.717) is 17.5 Å². The van der Waals surface area contributed by atoms with Crippen molar-refractivity contribution in [2.45, 2.75) is 38.1 Å². The highest BCUT2D eigenvalue weighted by molar-refractivity contribution is 5.96. The molecule has 1 fully saturated rings. The van der Waals surface area contributed by atoms with Crippen molar-refractivity contribution in [3.63, 3.8) is 0 Å². The third kappa shape index (κ3) is 2.82. The van der Waals surface area contributed by atoms with Crippen molar-refractivity contribution in [3.05, 3.63) is 17.3 Å². The lowest BCUT2D eigenvalue weighted by atomic mass is 10.0. The third-order valence-corrected chi connectivity index (χ3v) is 3.24. The minimum Gasteiger partial charge on any atom is -0.479 e. The Labute approximate surface area is 116 Å². The summed E-state index contributed by atoms with van der Waals surface area (Å²) in [5, 5.41) is 11.6. The quantitative estimate of drug-likeness (QED) is 0.809. The molecule has 0 saturated heterocycles. The van der Waals surface area contributed by atoms with E-state index in [9.17, 15) is 14.7 Å². The lowest BCUT2D eigenvalue weighted by Crippen LogP contribution is -2.55. The summed E-state index contributed by atoms with van der Waals surface area (Å²) < 4.78 is 10.3. The summed E-state index contributed by atoms with van der Waals surface area (Å²) in [7, 11) is 1.37. The molecule has 1 aliphatic carbocycles. The van der Waals surface area contributed by atoms with Gasteiger partial charge in [-0.1, -0.05) is 0 Å². The number of carbonyl (C=O) groups excluding carboxylic acids is 1. The number of hydrogen-bond donors (Lipinski definition) is 2. The first-order valence-electron chi connectivity index (χ1n) is 6.39. The van der Waals surface area contributed by atoms with Crippen LogP contribution in [-0.2, 0) is 9.53 Å². The SMILES string of the molecule is COCC(C)(NC(=O)c1oc(C2CC2)nc1C)C(=O)O. The molecule has 20 heavy (non-hydrogen) atoms. The van der Waals surface area contributed by atoms with E-state index in [4.69, 9.17) is 9.15 Å². The van der Waals surface area contributed by atoms with Gasteiger partial charge in [0.1, 0.15) is 0 Å². The van der Waals surface area contributed by atoms with E-state index in [1.807, 2.05) is 0 Å². The summed E-state index contributed by atoms with van der Waals surface area (Å²) in [6.45, 7) is 2.90. The molecule has 1 heterocycles. The number of amides is 1. The Morgan fingerprint density at radius 1 is 1.55 bits per heavy atom. The zero-order valence-corrected chi connectivity index (χ0v) is 11.7. The predicted octanol–water partition coefficient (Wildman–Crippen LogP) is 1.08. The summed E-state index contributed by atoms with van der Waals surface area (Å²) >= 11 is 0. The molecule has 1 saturated carbocycles. The van der Waals surface area contributed by atoms with Crippen LogP contribution in [0.2, 0.25) is 0 Å². The Hall–Kier alpha value is -1.89. The number of carbonyl (C=O) groups is 2. The standard InChI is InChI=1S/C13H18N2O5/c1-7-9(20-11(14-7)8-4-5-8)10(16)15-13(2,6-19-3)12(17)18/h8H,4-6H2,1-3H3,(H,15,16)(H,17,18). The van der Waals surface area contributed by atoms with E-state index in [1.54, 1.807) is 6.92 Å². The van der Waals surface area contributed by atoms with Gasteiger partial charge in [-0.3, -0.25) is 4.79 Å². The van der Waals surface area contributed by atoms with E-state index >= 15 is 0 Å². The number of nitrogens with zero attached hydrogens (tertiary/aromatic N) is 1. The summed E-state index contributed by atoms with van der Waals surface area (Å²) in [5.41, 5.74) is -1.04. The van der Waals surface area contributed by atoms with Gasteiger partial charge in [0.15, 0.2) is 11.4 Å². The molecule has 7 nitrogen and oxygen atoms in total. The first kappa shape index (κ1) is 14.5.